The second-order valence-corrected chi connectivity index (χ2v) is 4.88. The van der Waals surface area contributed by atoms with Crippen LogP contribution in [0.5, 0.6) is 11.5 Å². The first kappa shape index (κ1) is 13.4. The van der Waals surface area contributed by atoms with Gasteiger partial charge in [0, 0.05) is 5.38 Å². The van der Waals surface area contributed by atoms with Crippen LogP contribution in [-0.2, 0) is 6.61 Å². The Morgan fingerprint density at radius 3 is 2.79 bits per heavy atom. The number of benzene rings is 1. The molecule has 0 amide bonds. The monoisotopic (exact) mass is 279 g/mol. The molecular weight excluding hydrogens is 266 g/mol. The summed E-state index contributed by atoms with van der Waals surface area (Å²) >= 11 is 1.56. The van der Waals surface area contributed by atoms with Crippen molar-refractivity contribution >= 4 is 17.3 Å². The molecule has 1 N–H and O–H groups in total. The summed E-state index contributed by atoms with van der Waals surface area (Å²) in [5, 5.41) is 11.8. The van der Waals surface area contributed by atoms with Crippen molar-refractivity contribution in [2.45, 2.75) is 13.5 Å². The van der Waals surface area contributed by atoms with Crippen molar-refractivity contribution in [1.29, 1.82) is 0 Å². The van der Waals surface area contributed by atoms with E-state index < -0.39 is 5.97 Å². The Labute approximate surface area is 114 Å². The number of aryl methyl sites for hydroxylation is 1. The van der Waals surface area contributed by atoms with Crippen molar-refractivity contribution in [2.75, 3.05) is 7.11 Å². The molecule has 100 valence electrons. The number of hydrogen-bond acceptors (Lipinski definition) is 5. The predicted octanol–water partition coefficient (Wildman–Crippen LogP) is 2.74. The highest BCUT2D eigenvalue weighted by Gasteiger charge is 2.10. The molecule has 0 bridgehead atoms. The molecule has 19 heavy (non-hydrogen) atoms. The van der Waals surface area contributed by atoms with Gasteiger partial charge in [-0.1, -0.05) is 0 Å². The van der Waals surface area contributed by atoms with E-state index >= 15 is 0 Å². The first-order valence-corrected chi connectivity index (χ1v) is 6.43. The first-order chi connectivity index (χ1) is 9.10. The maximum absolute atomic E-state index is 10.9. The summed E-state index contributed by atoms with van der Waals surface area (Å²) in [6, 6.07) is 4.50. The number of aromatic carboxylic acids is 1. The maximum atomic E-state index is 10.9. The van der Waals surface area contributed by atoms with E-state index in [0.717, 1.165) is 10.7 Å². The molecule has 5 nitrogen and oxygen atoms in total. The van der Waals surface area contributed by atoms with Crippen molar-refractivity contribution in [3.63, 3.8) is 0 Å². The lowest BCUT2D eigenvalue weighted by molar-refractivity contribution is 0.0696. The summed E-state index contributed by atoms with van der Waals surface area (Å²) in [7, 11) is 1.47. The number of nitrogens with zero attached hydrogens (tertiary/aromatic N) is 1. The lowest BCUT2D eigenvalue weighted by Crippen LogP contribution is -2.01. The zero-order chi connectivity index (χ0) is 13.8. The van der Waals surface area contributed by atoms with E-state index in [-0.39, 0.29) is 5.56 Å². The van der Waals surface area contributed by atoms with Gasteiger partial charge in [-0.2, -0.15) is 0 Å². The average molecular weight is 279 g/mol. The lowest BCUT2D eigenvalue weighted by Gasteiger charge is -2.10. The van der Waals surface area contributed by atoms with E-state index in [0.29, 0.717) is 18.1 Å². The molecule has 0 aliphatic carbocycles. The van der Waals surface area contributed by atoms with Crippen LogP contribution in [0.3, 0.4) is 0 Å². The van der Waals surface area contributed by atoms with Gasteiger partial charge in [0.2, 0.25) is 0 Å². The van der Waals surface area contributed by atoms with Crippen LogP contribution in [0.25, 0.3) is 0 Å². The molecule has 0 spiro atoms. The van der Waals surface area contributed by atoms with E-state index in [1.807, 2.05) is 12.3 Å². The Balaban J connectivity index is 2.13. The molecule has 0 saturated heterocycles. The van der Waals surface area contributed by atoms with Gasteiger partial charge in [-0.05, 0) is 25.1 Å². The molecule has 0 radical (unpaired) electrons. The molecule has 0 atom stereocenters. The molecule has 0 unspecified atom stereocenters. The van der Waals surface area contributed by atoms with E-state index in [1.54, 1.807) is 17.4 Å². The standard InChI is InChI=1S/C13H13NO4S/c1-8-14-10(7-19-8)6-18-11-4-3-9(13(15)16)5-12(11)17-2/h3-5,7H,6H2,1-2H3,(H,15,16). The topological polar surface area (TPSA) is 68.7 Å². The van der Waals surface area contributed by atoms with Crippen molar-refractivity contribution in [1.82, 2.24) is 4.98 Å². The largest absolute Gasteiger partial charge is 0.493 e. The van der Waals surface area contributed by atoms with E-state index in [4.69, 9.17) is 14.6 Å². The summed E-state index contributed by atoms with van der Waals surface area (Å²) in [5.74, 6) is -0.106. The van der Waals surface area contributed by atoms with Crippen molar-refractivity contribution in [2.24, 2.45) is 0 Å². The molecule has 1 aromatic carbocycles. The van der Waals surface area contributed by atoms with Crippen LogP contribution in [0.1, 0.15) is 21.1 Å². The van der Waals surface area contributed by atoms with Gasteiger partial charge in [0.1, 0.15) is 6.61 Å². The minimum absolute atomic E-state index is 0.161. The fraction of sp³-hybridized carbons (Fsp3) is 0.231. The first-order valence-electron chi connectivity index (χ1n) is 5.55. The number of rotatable bonds is 5. The Morgan fingerprint density at radius 1 is 1.42 bits per heavy atom. The second-order valence-electron chi connectivity index (χ2n) is 3.82. The van der Waals surface area contributed by atoms with Gasteiger partial charge in [0.15, 0.2) is 11.5 Å². The number of carbonyl (C=O) groups is 1. The third kappa shape index (κ3) is 3.23. The summed E-state index contributed by atoms with van der Waals surface area (Å²) in [6.07, 6.45) is 0. The van der Waals surface area contributed by atoms with Crippen LogP contribution < -0.4 is 9.47 Å². The highest BCUT2D eigenvalue weighted by molar-refractivity contribution is 7.09. The number of thiazole rings is 1. The minimum Gasteiger partial charge on any atom is -0.493 e. The van der Waals surface area contributed by atoms with Crippen LogP contribution in [0, 0.1) is 6.92 Å². The Morgan fingerprint density at radius 2 is 2.21 bits per heavy atom. The van der Waals surface area contributed by atoms with E-state index in [9.17, 15) is 4.79 Å². The zero-order valence-corrected chi connectivity index (χ0v) is 11.4. The van der Waals surface area contributed by atoms with Gasteiger partial charge >= 0.3 is 5.97 Å². The van der Waals surface area contributed by atoms with Crippen molar-refractivity contribution < 1.29 is 19.4 Å². The van der Waals surface area contributed by atoms with Gasteiger partial charge in [0.25, 0.3) is 0 Å². The highest BCUT2D eigenvalue weighted by atomic mass is 32.1. The number of carboxylic acids is 1. The smallest absolute Gasteiger partial charge is 0.335 e. The quantitative estimate of drug-likeness (QED) is 0.911. The molecule has 2 rings (SSSR count). The average Bonchev–Trinajstić information content (AvgIpc) is 2.81. The van der Waals surface area contributed by atoms with Crippen LogP contribution in [0.2, 0.25) is 0 Å². The number of aromatic nitrogens is 1. The van der Waals surface area contributed by atoms with Crippen LogP contribution >= 0.6 is 11.3 Å². The normalized spacial score (nSPS) is 10.2. The summed E-state index contributed by atoms with van der Waals surface area (Å²) in [6.45, 7) is 2.25. The summed E-state index contributed by atoms with van der Waals surface area (Å²) < 4.78 is 10.7. The maximum Gasteiger partial charge on any atom is 0.335 e. The van der Waals surface area contributed by atoms with E-state index in [1.165, 1.54) is 19.2 Å². The molecule has 0 aliphatic heterocycles. The summed E-state index contributed by atoms with van der Waals surface area (Å²) in [4.78, 5) is 15.1. The predicted molar refractivity (Wildman–Crippen MR) is 71.1 cm³/mol. The summed E-state index contributed by atoms with van der Waals surface area (Å²) in [5.41, 5.74) is 1.00. The van der Waals surface area contributed by atoms with Crippen LogP contribution in [0.4, 0.5) is 0 Å². The fourth-order valence-corrected chi connectivity index (χ4v) is 2.14. The Hall–Kier alpha value is -2.08. The van der Waals surface area contributed by atoms with Crippen LogP contribution in [-0.4, -0.2) is 23.2 Å². The van der Waals surface area contributed by atoms with Crippen molar-refractivity contribution in [3.8, 4) is 11.5 Å². The highest BCUT2D eigenvalue weighted by Crippen LogP contribution is 2.28. The third-order valence-corrected chi connectivity index (χ3v) is 3.28. The Kier molecular flexibility index (Phi) is 4.01. The second kappa shape index (κ2) is 5.71. The van der Waals surface area contributed by atoms with Crippen molar-refractivity contribution in [3.05, 3.63) is 39.8 Å². The lowest BCUT2D eigenvalue weighted by atomic mass is 10.2. The van der Waals surface area contributed by atoms with E-state index in [2.05, 4.69) is 4.98 Å². The number of methoxy groups -OCH3 is 1. The number of carboxylic acid groups (broad SMARTS) is 1. The molecule has 0 fully saturated rings. The van der Waals surface area contributed by atoms with Gasteiger partial charge in [-0.25, -0.2) is 9.78 Å². The fourth-order valence-electron chi connectivity index (χ4n) is 1.55. The Bertz CT molecular complexity index is 594. The zero-order valence-electron chi connectivity index (χ0n) is 10.5. The number of ether oxygens (including phenoxy) is 2. The van der Waals surface area contributed by atoms with Crippen LogP contribution in [0.15, 0.2) is 23.6 Å². The van der Waals surface area contributed by atoms with Gasteiger partial charge in [0.05, 0.1) is 23.4 Å². The molecular formula is C13H13NO4S. The molecule has 1 aromatic heterocycles. The van der Waals surface area contributed by atoms with Gasteiger partial charge in [-0.15, -0.1) is 11.3 Å². The molecule has 1 heterocycles. The molecule has 6 heteroatoms. The SMILES string of the molecule is COc1cc(C(=O)O)ccc1OCc1csc(C)n1. The van der Waals surface area contributed by atoms with Gasteiger partial charge in [-0.3, -0.25) is 0 Å². The molecule has 0 aliphatic rings. The minimum atomic E-state index is -1.00. The molecule has 2 aromatic rings. The molecule has 0 saturated carbocycles. The number of hydrogen-bond donors (Lipinski definition) is 1. The third-order valence-electron chi connectivity index (χ3n) is 2.45. The van der Waals surface area contributed by atoms with Gasteiger partial charge < -0.3 is 14.6 Å².